The molecule has 0 aliphatic rings. The lowest BCUT2D eigenvalue weighted by Crippen LogP contribution is -1.88. The molecule has 0 aliphatic carbocycles. The lowest BCUT2D eigenvalue weighted by Gasteiger charge is -2.04. The third kappa shape index (κ3) is 4.83. The molecule has 0 bridgehead atoms. The first kappa shape index (κ1) is 10.5. The maximum atomic E-state index is 2.27. The van der Waals surface area contributed by atoms with E-state index in [2.05, 4.69) is 46.8 Å². The van der Waals surface area contributed by atoms with Gasteiger partial charge in [-0.2, -0.15) is 0 Å². The Bertz CT molecular complexity index is 159. The first-order chi connectivity index (χ1) is 5.07. The minimum Gasteiger partial charge on any atom is -0.0819 e. The molecule has 0 aromatic heterocycles. The monoisotopic (exact) mass is 152 g/mol. The highest BCUT2D eigenvalue weighted by Gasteiger charge is 1.94. The van der Waals surface area contributed by atoms with Gasteiger partial charge in [-0.3, -0.25) is 0 Å². The van der Waals surface area contributed by atoms with Gasteiger partial charge < -0.3 is 0 Å². The van der Waals surface area contributed by atoms with Crippen LogP contribution in [0.4, 0.5) is 0 Å². The van der Waals surface area contributed by atoms with Crippen LogP contribution in [-0.2, 0) is 0 Å². The Labute approximate surface area is 71.0 Å². The van der Waals surface area contributed by atoms with Crippen LogP contribution in [0.3, 0.4) is 0 Å². The summed E-state index contributed by atoms with van der Waals surface area (Å²) in [4.78, 5) is 0. The van der Waals surface area contributed by atoms with E-state index in [0.29, 0.717) is 5.92 Å². The smallest absolute Gasteiger partial charge is 0.0260 e. The average molecular weight is 152 g/mol. The van der Waals surface area contributed by atoms with Crippen molar-refractivity contribution in [2.45, 2.75) is 41.0 Å². The Balaban J connectivity index is 4.18. The minimum absolute atomic E-state index is 0.676. The summed E-state index contributed by atoms with van der Waals surface area (Å²) in [7, 11) is 0. The highest BCUT2D eigenvalue weighted by molar-refractivity contribution is 5.21. The Morgan fingerprint density at radius 2 is 1.82 bits per heavy atom. The molecule has 11 heavy (non-hydrogen) atoms. The molecule has 0 heteroatoms. The van der Waals surface area contributed by atoms with Crippen molar-refractivity contribution in [1.82, 2.24) is 0 Å². The molecule has 0 radical (unpaired) electrons. The van der Waals surface area contributed by atoms with Gasteiger partial charge in [0.1, 0.15) is 0 Å². The fourth-order valence-corrected chi connectivity index (χ4v) is 0.907. The predicted molar refractivity (Wildman–Crippen MR) is 52.6 cm³/mol. The number of allylic oxidation sites excluding steroid dienone is 4. The molecule has 0 aromatic rings. The molecular formula is C11H20. The molecule has 0 aromatic carbocycles. The molecule has 64 valence electrons. The van der Waals surface area contributed by atoms with E-state index in [1.165, 1.54) is 11.1 Å². The van der Waals surface area contributed by atoms with Crippen molar-refractivity contribution in [3.05, 3.63) is 23.3 Å². The Morgan fingerprint density at radius 3 is 2.18 bits per heavy atom. The summed E-state index contributed by atoms with van der Waals surface area (Å²) in [5.74, 6) is 0.676. The van der Waals surface area contributed by atoms with Crippen LogP contribution in [0.5, 0.6) is 0 Å². The van der Waals surface area contributed by atoms with Crippen molar-refractivity contribution in [1.29, 1.82) is 0 Å². The molecule has 0 unspecified atom stereocenters. The maximum Gasteiger partial charge on any atom is -0.0260 e. The molecule has 0 heterocycles. The van der Waals surface area contributed by atoms with Crippen LogP contribution >= 0.6 is 0 Å². The molecule has 0 nitrogen and oxygen atoms in total. The molecule has 0 atom stereocenters. The standard InChI is InChI=1S/C11H20/c1-6-7-10(4)8-11(5)9(2)3/h7-9H,6H2,1-5H3/b10-7-,11-8+. The minimum atomic E-state index is 0.676. The van der Waals surface area contributed by atoms with Crippen LogP contribution < -0.4 is 0 Å². The number of hydrogen-bond acceptors (Lipinski definition) is 0. The lowest BCUT2D eigenvalue weighted by molar-refractivity contribution is 0.768. The molecule has 0 aliphatic heterocycles. The predicted octanol–water partition coefficient (Wildman–Crippen LogP) is 3.95. The molecule has 0 fully saturated rings. The summed E-state index contributed by atoms with van der Waals surface area (Å²) >= 11 is 0. The van der Waals surface area contributed by atoms with E-state index in [1.807, 2.05) is 0 Å². The number of hydrogen-bond donors (Lipinski definition) is 0. The third-order valence-electron chi connectivity index (χ3n) is 1.89. The van der Waals surface area contributed by atoms with Crippen LogP contribution in [-0.4, -0.2) is 0 Å². The summed E-state index contributed by atoms with van der Waals surface area (Å²) in [5, 5.41) is 0. The van der Waals surface area contributed by atoms with Crippen molar-refractivity contribution in [3.8, 4) is 0 Å². The second-order valence-electron chi connectivity index (χ2n) is 3.40. The van der Waals surface area contributed by atoms with Crippen LogP contribution in [0.25, 0.3) is 0 Å². The fraction of sp³-hybridized carbons (Fsp3) is 0.636. The van der Waals surface area contributed by atoms with Crippen molar-refractivity contribution < 1.29 is 0 Å². The average Bonchev–Trinajstić information content (AvgIpc) is 1.87. The van der Waals surface area contributed by atoms with Gasteiger partial charge >= 0.3 is 0 Å². The van der Waals surface area contributed by atoms with Crippen molar-refractivity contribution in [2.75, 3.05) is 0 Å². The fourth-order valence-electron chi connectivity index (χ4n) is 0.907. The largest absolute Gasteiger partial charge is 0.0819 e. The van der Waals surface area contributed by atoms with Crippen molar-refractivity contribution >= 4 is 0 Å². The summed E-state index contributed by atoms with van der Waals surface area (Å²) < 4.78 is 0. The topological polar surface area (TPSA) is 0 Å². The van der Waals surface area contributed by atoms with E-state index in [0.717, 1.165) is 6.42 Å². The third-order valence-corrected chi connectivity index (χ3v) is 1.89. The first-order valence-electron chi connectivity index (χ1n) is 4.42. The zero-order valence-electron chi connectivity index (χ0n) is 8.44. The van der Waals surface area contributed by atoms with Gasteiger partial charge in [-0.25, -0.2) is 0 Å². The van der Waals surface area contributed by atoms with E-state index in [1.54, 1.807) is 0 Å². The summed E-state index contributed by atoms with van der Waals surface area (Å²) in [5.41, 5.74) is 2.85. The highest BCUT2D eigenvalue weighted by atomic mass is 14.0. The highest BCUT2D eigenvalue weighted by Crippen LogP contribution is 2.11. The molecule has 0 amide bonds. The van der Waals surface area contributed by atoms with Gasteiger partial charge in [-0.15, -0.1) is 0 Å². The van der Waals surface area contributed by atoms with E-state index < -0.39 is 0 Å². The van der Waals surface area contributed by atoms with Gasteiger partial charge in [0.15, 0.2) is 0 Å². The van der Waals surface area contributed by atoms with E-state index in [9.17, 15) is 0 Å². The van der Waals surface area contributed by atoms with Gasteiger partial charge in [0, 0.05) is 0 Å². The van der Waals surface area contributed by atoms with Crippen LogP contribution in [0.1, 0.15) is 41.0 Å². The van der Waals surface area contributed by atoms with Crippen LogP contribution in [0, 0.1) is 5.92 Å². The quantitative estimate of drug-likeness (QED) is 0.537. The Hall–Kier alpha value is -0.520. The van der Waals surface area contributed by atoms with Gasteiger partial charge in [-0.05, 0) is 26.2 Å². The molecule has 0 N–H and O–H groups in total. The second kappa shape index (κ2) is 5.17. The zero-order valence-corrected chi connectivity index (χ0v) is 8.44. The second-order valence-corrected chi connectivity index (χ2v) is 3.40. The molecule has 0 saturated heterocycles. The molecule has 0 rings (SSSR count). The molecule has 0 spiro atoms. The zero-order chi connectivity index (χ0) is 8.85. The van der Waals surface area contributed by atoms with Gasteiger partial charge in [0.2, 0.25) is 0 Å². The van der Waals surface area contributed by atoms with Gasteiger partial charge in [-0.1, -0.05) is 44.1 Å². The van der Waals surface area contributed by atoms with Crippen LogP contribution in [0.15, 0.2) is 23.3 Å². The Kier molecular flexibility index (Phi) is 4.93. The first-order valence-corrected chi connectivity index (χ1v) is 4.42. The van der Waals surface area contributed by atoms with E-state index in [-0.39, 0.29) is 0 Å². The number of rotatable bonds is 3. The summed E-state index contributed by atoms with van der Waals surface area (Å²) in [6.07, 6.45) is 5.66. The summed E-state index contributed by atoms with van der Waals surface area (Å²) in [6, 6.07) is 0. The van der Waals surface area contributed by atoms with Crippen molar-refractivity contribution in [2.24, 2.45) is 5.92 Å². The summed E-state index contributed by atoms with van der Waals surface area (Å²) in [6.45, 7) is 11.0. The molecular weight excluding hydrogens is 132 g/mol. The molecule has 0 saturated carbocycles. The lowest BCUT2D eigenvalue weighted by atomic mass is 10.0. The van der Waals surface area contributed by atoms with E-state index >= 15 is 0 Å². The normalized spacial score (nSPS) is 14.4. The SMILES string of the molecule is CC/C=C(C)\C=C(/C)C(C)C. The van der Waals surface area contributed by atoms with Gasteiger partial charge in [0.25, 0.3) is 0 Å². The maximum absolute atomic E-state index is 2.27. The van der Waals surface area contributed by atoms with Gasteiger partial charge in [0.05, 0.1) is 0 Å². The Morgan fingerprint density at radius 1 is 1.27 bits per heavy atom. The van der Waals surface area contributed by atoms with E-state index in [4.69, 9.17) is 0 Å². The van der Waals surface area contributed by atoms with Crippen molar-refractivity contribution in [3.63, 3.8) is 0 Å². The van der Waals surface area contributed by atoms with Crippen LogP contribution in [0.2, 0.25) is 0 Å².